The first-order valence-electron chi connectivity index (χ1n) is 13.1. The van der Waals surface area contributed by atoms with Crippen molar-refractivity contribution in [1.82, 2.24) is 15.3 Å². The number of fused-ring (bicyclic) bond motifs is 1. The summed E-state index contributed by atoms with van der Waals surface area (Å²) in [5.41, 5.74) is 1.08. The predicted molar refractivity (Wildman–Crippen MR) is 146 cm³/mol. The summed E-state index contributed by atoms with van der Waals surface area (Å²) < 4.78 is 36.6. The first kappa shape index (κ1) is 26.1. The Morgan fingerprint density at radius 3 is 2.54 bits per heavy atom. The lowest BCUT2D eigenvalue weighted by Crippen LogP contribution is -2.34. The lowest BCUT2D eigenvalue weighted by atomic mass is 10.1. The second kappa shape index (κ2) is 11.2. The number of hydrogen-bond donors (Lipinski definition) is 2. The number of carbonyl (C=O) groups excluding carboxylic acids is 1. The molecule has 3 aromatic rings. The van der Waals surface area contributed by atoms with Gasteiger partial charge in [0.25, 0.3) is 5.91 Å². The van der Waals surface area contributed by atoms with Crippen LogP contribution < -0.4 is 15.4 Å². The molecule has 11 nitrogen and oxygen atoms in total. The zero-order valence-electron chi connectivity index (χ0n) is 21.2. The number of benzene rings is 1. The van der Waals surface area contributed by atoms with Gasteiger partial charge in [-0.2, -0.15) is 0 Å². The molecule has 0 spiro atoms. The molecule has 2 aromatic heterocycles. The number of amides is 1. The molecule has 1 atom stereocenters. The summed E-state index contributed by atoms with van der Waals surface area (Å²) in [6, 6.07) is 9.78. The van der Waals surface area contributed by atoms with Gasteiger partial charge in [0.1, 0.15) is 16.5 Å². The van der Waals surface area contributed by atoms with Gasteiger partial charge in [0.15, 0.2) is 26.8 Å². The Labute approximate surface area is 229 Å². The monoisotopic (exact) mass is 571 g/mol. The van der Waals surface area contributed by atoms with Gasteiger partial charge in [-0.05, 0) is 57.0 Å². The Balaban J connectivity index is 1.21. The van der Waals surface area contributed by atoms with Crippen LogP contribution in [0.4, 0.5) is 5.13 Å². The Kier molecular flexibility index (Phi) is 7.47. The number of hydrogen-bond acceptors (Lipinski definition) is 11. The van der Waals surface area contributed by atoms with Gasteiger partial charge in [-0.3, -0.25) is 10.1 Å². The van der Waals surface area contributed by atoms with Crippen molar-refractivity contribution in [3.05, 3.63) is 42.0 Å². The molecule has 13 heteroatoms. The smallest absolute Gasteiger partial charge is 0.280 e. The molecular formula is C26H29N5O6S2. The summed E-state index contributed by atoms with van der Waals surface area (Å²) in [6.45, 7) is 2.80. The Bertz CT molecular complexity index is 1470. The third-order valence-electron chi connectivity index (χ3n) is 6.84. The van der Waals surface area contributed by atoms with Gasteiger partial charge in [0, 0.05) is 18.1 Å². The molecule has 1 saturated carbocycles. The van der Waals surface area contributed by atoms with E-state index in [0.717, 1.165) is 25.9 Å². The van der Waals surface area contributed by atoms with Crippen molar-refractivity contribution >= 4 is 48.3 Å². The molecule has 39 heavy (non-hydrogen) atoms. The standard InChI is InChI=1S/C26H29N5O6S2/c32-24(30-26-28-21-7-8-22(29-25(21)38-26)36-17-9-12-27-13-10-17)23(31-37-18-11-14-35-15-18)16-1-3-19(4-2-16)39(33,34)20-5-6-20/h1-4,7-8,17-18,20,27H,5-6,9-15H2,(H,28,30,32)/b31-23+/t18-/m1/s1. The number of pyridine rings is 1. The maximum Gasteiger partial charge on any atom is 0.280 e. The van der Waals surface area contributed by atoms with Crippen LogP contribution in [0.25, 0.3) is 10.3 Å². The fraction of sp³-hybridized carbons (Fsp3) is 0.462. The van der Waals surface area contributed by atoms with Gasteiger partial charge >= 0.3 is 0 Å². The van der Waals surface area contributed by atoms with E-state index in [2.05, 4.69) is 25.8 Å². The van der Waals surface area contributed by atoms with Crippen LogP contribution in [0.5, 0.6) is 5.88 Å². The van der Waals surface area contributed by atoms with E-state index < -0.39 is 15.7 Å². The van der Waals surface area contributed by atoms with Crippen LogP contribution in [-0.2, 0) is 24.2 Å². The molecule has 2 aliphatic heterocycles. The highest BCUT2D eigenvalue weighted by Gasteiger charge is 2.37. The van der Waals surface area contributed by atoms with E-state index >= 15 is 0 Å². The highest BCUT2D eigenvalue weighted by Crippen LogP contribution is 2.33. The van der Waals surface area contributed by atoms with Gasteiger partial charge in [-0.15, -0.1) is 0 Å². The molecule has 0 bridgehead atoms. The van der Waals surface area contributed by atoms with Crippen molar-refractivity contribution in [2.75, 3.05) is 31.6 Å². The Morgan fingerprint density at radius 1 is 1.03 bits per heavy atom. The quantitative estimate of drug-likeness (QED) is 0.293. The third kappa shape index (κ3) is 6.06. The molecule has 1 aliphatic carbocycles. The fourth-order valence-corrected chi connectivity index (χ4v) is 6.96. The van der Waals surface area contributed by atoms with Gasteiger partial charge in [0.2, 0.25) is 5.88 Å². The molecular weight excluding hydrogens is 542 g/mol. The maximum atomic E-state index is 13.4. The van der Waals surface area contributed by atoms with Crippen LogP contribution >= 0.6 is 11.3 Å². The summed E-state index contributed by atoms with van der Waals surface area (Å²) in [4.78, 5) is 28.9. The lowest BCUT2D eigenvalue weighted by Gasteiger charge is -2.23. The van der Waals surface area contributed by atoms with E-state index in [-0.39, 0.29) is 28.1 Å². The van der Waals surface area contributed by atoms with Gasteiger partial charge in [-0.1, -0.05) is 28.6 Å². The number of aromatic nitrogens is 2. The average molecular weight is 572 g/mol. The van der Waals surface area contributed by atoms with E-state index in [1.54, 1.807) is 18.2 Å². The molecule has 3 fully saturated rings. The number of anilines is 1. The number of oxime groups is 1. The molecule has 3 aliphatic rings. The van der Waals surface area contributed by atoms with Gasteiger partial charge < -0.3 is 19.6 Å². The minimum Gasteiger partial charge on any atom is -0.474 e. The summed E-state index contributed by atoms with van der Waals surface area (Å²) >= 11 is 1.23. The van der Waals surface area contributed by atoms with Crippen molar-refractivity contribution < 1.29 is 27.5 Å². The SMILES string of the molecule is O=C(Nc1nc2ccc(OC3CCNCC3)nc2s1)/C(=N/O[C@@H]1CCOC1)c1ccc(S(=O)(=O)C2CC2)cc1. The van der Waals surface area contributed by atoms with Crippen molar-refractivity contribution in [3.8, 4) is 5.88 Å². The number of rotatable bonds is 9. The highest BCUT2D eigenvalue weighted by molar-refractivity contribution is 7.92. The number of thiazole rings is 1. The van der Waals surface area contributed by atoms with E-state index in [0.29, 0.717) is 59.4 Å². The number of nitrogens with zero attached hydrogens (tertiary/aromatic N) is 3. The molecule has 0 unspecified atom stereocenters. The van der Waals surface area contributed by atoms with Crippen LogP contribution in [-0.4, -0.2) is 73.8 Å². The van der Waals surface area contributed by atoms with Crippen LogP contribution in [0.3, 0.4) is 0 Å². The Morgan fingerprint density at radius 2 is 1.82 bits per heavy atom. The van der Waals surface area contributed by atoms with E-state index in [4.69, 9.17) is 14.3 Å². The van der Waals surface area contributed by atoms with Gasteiger partial charge in [-0.25, -0.2) is 18.4 Å². The summed E-state index contributed by atoms with van der Waals surface area (Å²) in [6.07, 6.45) is 3.74. The summed E-state index contributed by atoms with van der Waals surface area (Å²) in [7, 11) is -3.35. The van der Waals surface area contributed by atoms with Crippen molar-refractivity contribution in [2.45, 2.75) is 54.5 Å². The minimum absolute atomic E-state index is 0.0133. The molecule has 0 radical (unpaired) electrons. The van der Waals surface area contributed by atoms with Crippen LogP contribution in [0.1, 0.15) is 37.7 Å². The summed E-state index contributed by atoms with van der Waals surface area (Å²) in [5.74, 6) is 0.00329. The number of nitrogens with one attached hydrogen (secondary N) is 2. The van der Waals surface area contributed by atoms with Crippen LogP contribution in [0, 0.1) is 0 Å². The fourth-order valence-electron chi connectivity index (χ4n) is 4.48. The largest absolute Gasteiger partial charge is 0.474 e. The number of carbonyl (C=O) groups is 1. The first-order chi connectivity index (χ1) is 19.0. The number of piperidine rings is 1. The van der Waals surface area contributed by atoms with E-state index in [9.17, 15) is 13.2 Å². The van der Waals surface area contributed by atoms with Crippen LogP contribution in [0.15, 0.2) is 46.4 Å². The zero-order chi connectivity index (χ0) is 26.8. The molecule has 2 saturated heterocycles. The second-order valence-corrected chi connectivity index (χ2v) is 13.0. The molecule has 2 N–H and O–H groups in total. The molecule has 4 heterocycles. The van der Waals surface area contributed by atoms with Crippen molar-refractivity contribution in [2.24, 2.45) is 5.16 Å². The lowest BCUT2D eigenvalue weighted by molar-refractivity contribution is -0.110. The second-order valence-electron chi connectivity index (χ2n) is 9.81. The molecule has 206 valence electrons. The zero-order valence-corrected chi connectivity index (χ0v) is 22.8. The summed E-state index contributed by atoms with van der Waals surface area (Å²) in [5, 5.41) is 10.3. The first-order valence-corrected chi connectivity index (χ1v) is 15.4. The number of ether oxygens (including phenoxy) is 2. The third-order valence-corrected chi connectivity index (χ3v) is 10.00. The maximum absolute atomic E-state index is 13.4. The minimum atomic E-state index is -3.35. The highest BCUT2D eigenvalue weighted by atomic mass is 32.2. The van der Waals surface area contributed by atoms with E-state index in [1.165, 1.54) is 23.5 Å². The van der Waals surface area contributed by atoms with Gasteiger partial charge in [0.05, 0.1) is 23.4 Å². The molecule has 1 amide bonds. The van der Waals surface area contributed by atoms with Crippen molar-refractivity contribution in [1.29, 1.82) is 0 Å². The normalized spacial score (nSPS) is 20.7. The number of sulfone groups is 1. The molecule has 1 aromatic carbocycles. The molecule has 6 rings (SSSR count). The van der Waals surface area contributed by atoms with Crippen LogP contribution in [0.2, 0.25) is 0 Å². The topological polar surface area (TPSA) is 141 Å². The van der Waals surface area contributed by atoms with E-state index in [1.807, 2.05) is 6.07 Å². The van der Waals surface area contributed by atoms with Crippen molar-refractivity contribution in [3.63, 3.8) is 0 Å². The Hall–Kier alpha value is -3.13. The predicted octanol–water partition coefficient (Wildman–Crippen LogP) is 2.91. The average Bonchev–Trinajstić information content (AvgIpc) is 3.55.